The van der Waals surface area contributed by atoms with E-state index in [0.717, 1.165) is 30.5 Å². The highest BCUT2D eigenvalue weighted by Crippen LogP contribution is 2.42. The zero-order chi connectivity index (χ0) is 16.4. The molecule has 24 heavy (non-hydrogen) atoms. The fourth-order valence-corrected chi connectivity index (χ4v) is 4.05. The molecule has 1 heterocycles. The predicted molar refractivity (Wildman–Crippen MR) is 94.9 cm³/mol. The molecule has 1 saturated carbocycles. The van der Waals surface area contributed by atoms with Gasteiger partial charge in [0.2, 0.25) is 5.91 Å². The Morgan fingerprint density at radius 1 is 1.08 bits per heavy atom. The molecule has 3 nitrogen and oxygen atoms in total. The van der Waals surface area contributed by atoms with Crippen molar-refractivity contribution in [1.29, 1.82) is 0 Å². The van der Waals surface area contributed by atoms with Crippen molar-refractivity contribution in [2.24, 2.45) is 0 Å². The van der Waals surface area contributed by atoms with Gasteiger partial charge in [-0.25, -0.2) is 0 Å². The molecule has 1 fully saturated rings. The number of hydrogen-bond donors (Lipinski definition) is 1. The molecule has 0 aliphatic heterocycles. The molecule has 124 valence electrons. The van der Waals surface area contributed by atoms with Gasteiger partial charge >= 0.3 is 0 Å². The molecule has 0 unspecified atom stereocenters. The van der Waals surface area contributed by atoms with E-state index in [1.807, 2.05) is 18.3 Å². The second-order valence-electron chi connectivity index (χ2n) is 7.26. The van der Waals surface area contributed by atoms with E-state index in [2.05, 4.69) is 34.6 Å². The maximum absolute atomic E-state index is 12.4. The summed E-state index contributed by atoms with van der Waals surface area (Å²) in [5.74, 6) is 0.121. The van der Waals surface area contributed by atoms with E-state index in [-0.39, 0.29) is 11.3 Å². The summed E-state index contributed by atoms with van der Waals surface area (Å²) in [4.78, 5) is 16.9. The van der Waals surface area contributed by atoms with Gasteiger partial charge in [0.1, 0.15) is 0 Å². The highest BCUT2D eigenvalue weighted by Gasteiger charge is 2.39. The van der Waals surface area contributed by atoms with Crippen molar-refractivity contribution in [3.8, 4) is 0 Å². The molecule has 0 saturated heterocycles. The first kappa shape index (κ1) is 15.4. The Morgan fingerprint density at radius 3 is 2.71 bits per heavy atom. The van der Waals surface area contributed by atoms with E-state index < -0.39 is 0 Å². The van der Waals surface area contributed by atoms with Gasteiger partial charge in [-0.1, -0.05) is 30.7 Å². The number of aryl methyl sites for hydroxylation is 2. The third-order valence-corrected chi connectivity index (χ3v) is 5.67. The third-order valence-electron chi connectivity index (χ3n) is 5.67. The topological polar surface area (TPSA) is 42.0 Å². The van der Waals surface area contributed by atoms with Crippen LogP contribution in [-0.2, 0) is 29.5 Å². The van der Waals surface area contributed by atoms with Crippen LogP contribution in [0.15, 0.2) is 42.6 Å². The SMILES string of the molecule is O=C(Cc1ccc2c(c1)CCC2)NCC1(c2ccccn2)CCC1. The normalized spacial score (nSPS) is 17.8. The summed E-state index contributed by atoms with van der Waals surface area (Å²) in [7, 11) is 0. The molecule has 4 rings (SSSR count). The van der Waals surface area contributed by atoms with Crippen molar-refractivity contribution in [1.82, 2.24) is 10.3 Å². The molecule has 2 aliphatic rings. The summed E-state index contributed by atoms with van der Waals surface area (Å²) in [6.45, 7) is 0.702. The van der Waals surface area contributed by atoms with E-state index in [1.165, 1.54) is 30.4 Å². The van der Waals surface area contributed by atoms with Crippen molar-refractivity contribution in [3.05, 3.63) is 65.0 Å². The molecule has 1 aromatic heterocycles. The average Bonchev–Trinajstić information content (AvgIpc) is 3.02. The van der Waals surface area contributed by atoms with Gasteiger partial charge in [0, 0.05) is 23.9 Å². The quantitative estimate of drug-likeness (QED) is 0.918. The standard InChI is InChI=1S/C21H24N2O/c24-20(14-16-8-9-17-5-3-6-18(17)13-16)23-15-21(10-4-11-21)19-7-1-2-12-22-19/h1-2,7-9,12-13H,3-6,10-11,14-15H2,(H,23,24). The Balaban J connectivity index is 1.38. The highest BCUT2D eigenvalue weighted by molar-refractivity contribution is 5.78. The first-order valence-corrected chi connectivity index (χ1v) is 9.04. The van der Waals surface area contributed by atoms with Gasteiger partial charge in [-0.15, -0.1) is 0 Å². The lowest BCUT2D eigenvalue weighted by Crippen LogP contribution is -2.46. The highest BCUT2D eigenvalue weighted by atomic mass is 16.1. The smallest absolute Gasteiger partial charge is 0.224 e. The summed E-state index contributed by atoms with van der Waals surface area (Å²) in [5, 5.41) is 3.16. The fraction of sp³-hybridized carbons (Fsp3) is 0.429. The summed E-state index contributed by atoms with van der Waals surface area (Å²) in [5.41, 5.74) is 5.20. The summed E-state index contributed by atoms with van der Waals surface area (Å²) in [6, 6.07) is 12.6. The number of rotatable bonds is 5. The number of pyridine rings is 1. The first-order chi connectivity index (χ1) is 11.8. The van der Waals surface area contributed by atoms with Crippen molar-refractivity contribution < 1.29 is 4.79 Å². The third kappa shape index (κ3) is 2.95. The van der Waals surface area contributed by atoms with Gasteiger partial charge < -0.3 is 5.32 Å². The van der Waals surface area contributed by atoms with Crippen molar-refractivity contribution >= 4 is 5.91 Å². The van der Waals surface area contributed by atoms with Crippen molar-refractivity contribution in [2.45, 2.75) is 50.4 Å². The van der Waals surface area contributed by atoms with Crippen LogP contribution in [0.25, 0.3) is 0 Å². The number of amides is 1. The van der Waals surface area contributed by atoms with Crippen LogP contribution in [0.4, 0.5) is 0 Å². The van der Waals surface area contributed by atoms with Crippen LogP contribution in [0.1, 0.15) is 48.1 Å². The summed E-state index contributed by atoms with van der Waals surface area (Å²) in [6.07, 6.45) is 9.37. The molecular weight excluding hydrogens is 296 g/mol. The number of carbonyl (C=O) groups excluding carboxylic acids is 1. The molecule has 1 N–H and O–H groups in total. The molecule has 3 heteroatoms. The maximum atomic E-state index is 12.4. The monoisotopic (exact) mass is 320 g/mol. The number of nitrogens with zero attached hydrogens (tertiary/aromatic N) is 1. The van der Waals surface area contributed by atoms with E-state index >= 15 is 0 Å². The summed E-state index contributed by atoms with van der Waals surface area (Å²) < 4.78 is 0. The van der Waals surface area contributed by atoms with Crippen LogP contribution in [0.3, 0.4) is 0 Å². The molecule has 0 bridgehead atoms. The zero-order valence-electron chi connectivity index (χ0n) is 14.1. The Hall–Kier alpha value is -2.16. The Bertz CT molecular complexity index is 735. The number of aromatic nitrogens is 1. The van der Waals surface area contributed by atoms with Crippen molar-refractivity contribution in [3.63, 3.8) is 0 Å². The minimum Gasteiger partial charge on any atom is -0.355 e. The fourth-order valence-electron chi connectivity index (χ4n) is 4.05. The number of benzene rings is 1. The van der Waals surface area contributed by atoms with Gasteiger partial charge in [-0.2, -0.15) is 0 Å². The number of carbonyl (C=O) groups is 1. The van der Waals surface area contributed by atoms with Crippen LogP contribution >= 0.6 is 0 Å². The summed E-state index contributed by atoms with van der Waals surface area (Å²) >= 11 is 0. The lowest BCUT2D eigenvalue weighted by atomic mass is 9.66. The molecule has 0 spiro atoms. The number of fused-ring (bicyclic) bond motifs is 1. The van der Waals surface area contributed by atoms with Gasteiger partial charge in [-0.05, 0) is 60.9 Å². The Kier molecular flexibility index (Phi) is 4.09. The van der Waals surface area contributed by atoms with Crippen LogP contribution in [0, 0.1) is 0 Å². The van der Waals surface area contributed by atoms with Crippen LogP contribution in [0.2, 0.25) is 0 Å². The lowest BCUT2D eigenvalue weighted by molar-refractivity contribution is -0.120. The second-order valence-corrected chi connectivity index (χ2v) is 7.26. The van der Waals surface area contributed by atoms with Crippen LogP contribution in [0.5, 0.6) is 0 Å². The number of nitrogens with one attached hydrogen (secondary N) is 1. The Morgan fingerprint density at radius 2 is 1.96 bits per heavy atom. The van der Waals surface area contributed by atoms with Crippen LogP contribution in [-0.4, -0.2) is 17.4 Å². The first-order valence-electron chi connectivity index (χ1n) is 9.04. The lowest BCUT2D eigenvalue weighted by Gasteiger charge is -2.41. The largest absolute Gasteiger partial charge is 0.355 e. The minimum atomic E-state index is 0.0505. The van der Waals surface area contributed by atoms with E-state index in [1.54, 1.807) is 0 Å². The molecule has 2 aliphatic carbocycles. The maximum Gasteiger partial charge on any atom is 0.224 e. The predicted octanol–water partition coefficient (Wildman–Crippen LogP) is 3.35. The van der Waals surface area contributed by atoms with Gasteiger partial charge in [0.05, 0.1) is 6.42 Å². The average molecular weight is 320 g/mol. The van der Waals surface area contributed by atoms with Crippen LogP contribution < -0.4 is 5.32 Å². The van der Waals surface area contributed by atoms with E-state index in [4.69, 9.17) is 0 Å². The molecule has 1 amide bonds. The van der Waals surface area contributed by atoms with Crippen molar-refractivity contribution in [2.75, 3.05) is 6.54 Å². The molecule has 2 aromatic rings. The van der Waals surface area contributed by atoms with E-state index in [0.29, 0.717) is 13.0 Å². The minimum absolute atomic E-state index is 0.0505. The number of hydrogen-bond acceptors (Lipinski definition) is 2. The molecular formula is C21H24N2O. The molecule has 0 atom stereocenters. The zero-order valence-corrected chi connectivity index (χ0v) is 14.1. The van der Waals surface area contributed by atoms with E-state index in [9.17, 15) is 4.79 Å². The van der Waals surface area contributed by atoms with Gasteiger partial charge in [-0.3, -0.25) is 9.78 Å². The second kappa shape index (κ2) is 6.39. The van der Waals surface area contributed by atoms with Gasteiger partial charge in [0.25, 0.3) is 0 Å². The molecule has 0 radical (unpaired) electrons. The Labute approximate surface area is 143 Å². The van der Waals surface area contributed by atoms with Gasteiger partial charge in [0.15, 0.2) is 0 Å². The molecule has 1 aromatic carbocycles.